The van der Waals surface area contributed by atoms with Crippen LogP contribution in [0.25, 0.3) is 0 Å². The van der Waals surface area contributed by atoms with Crippen LogP contribution in [0, 0.1) is 0 Å². The number of rotatable bonds is 2. The van der Waals surface area contributed by atoms with Crippen LogP contribution in [0.15, 0.2) is 11.4 Å². The fourth-order valence-corrected chi connectivity index (χ4v) is 3.01. The third-order valence-corrected chi connectivity index (χ3v) is 4.04. The van der Waals surface area contributed by atoms with Gasteiger partial charge in [-0.1, -0.05) is 6.92 Å². The van der Waals surface area contributed by atoms with E-state index in [9.17, 15) is 4.79 Å². The second kappa shape index (κ2) is 5.19. The van der Waals surface area contributed by atoms with Crippen molar-refractivity contribution in [1.82, 2.24) is 4.90 Å². The van der Waals surface area contributed by atoms with Crippen molar-refractivity contribution in [2.75, 3.05) is 13.1 Å². The summed E-state index contributed by atoms with van der Waals surface area (Å²) in [5.74, 6) is 0.142. The van der Waals surface area contributed by atoms with E-state index in [2.05, 4.69) is 6.92 Å². The lowest BCUT2D eigenvalue weighted by atomic mass is 10.2. The van der Waals surface area contributed by atoms with Crippen molar-refractivity contribution in [3.8, 4) is 0 Å². The summed E-state index contributed by atoms with van der Waals surface area (Å²) in [7, 11) is 0. The van der Waals surface area contributed by atoms with Gasteiger partial charge in [-0.05, 0) is 26.3 Å². The van der Waals surface area contributed by atoms with Crippen LogP contribution in [0.5, 0.6) is 0 Å². The molecule has 4 heteroatoms. The van der Waals surface area contributed by atoms with Crippen LogP contribution >= 0.6 is 11.3 Å². The standard InChI is InChI=1S/C13H19NO2S/c1-4-12-5-11(8-17-12)13(15)14-6-9(2)16-10(3)7-14/h5,8-10H,4,6-7H2,1-3H3/t9-,10-/m1/s1. The second-order valence-corrected chi connectivity index (χ2v) is 5.62. The summed E-state index contributed by atoms with van der Waals surface area (Å²) in [5, 5.41) is 1.96. The first-order valence-electron chi connectivity index (χ1n) is 6.12. The van der Waals surface area contributed by atoms with E-state index >= 15 is 0 Å². The van der Waals surface area contributed by atoms with Gasteiger partial charge in [0.05, 0.1) is 17.8 Å². The van der Waals surface area contributed by atoms with Gasteiger partial charge in [0, 0.05) is 23.3 Å². The maximum atomic E-state index is 12.3. The van der Waals surface area contributed by atoms with Crippen molar-refractivity contribution in [3.05, 3.63) is 21.9 Å². The Bertz CT molecular complexity index is 392. The highest BCUT2D eigenvalue weighted by Crippen LogP contribution is 2.19. The summed E-state index contributed by atoms with van der Waals surface area (Å²) >= 11 is 1.66. The molecule has 1 amide bonds. The molecule has 0 saturated carbocycles. The number of nitrogens with zero attached hydrogens (tertiary/aromatic N) is 1. The Hall–Kier alpha value is -0.870. The van der Waals surface area contributed by atoms with E-state index < -0.39 is 0 Å². The molecule has 0 aliphatic carbocycles. The molecule has 1 aromatic rings. The van der Waals surface area contributed by atoms with Crippen molar-refractivity contribution >= 4 is 17.2 Å². The summed E-state index contributed by atoms with van der Waals surface area (Å²) in [6.45, 7) is 7.53. The largest absolute Gasteiger partial charge is 0.372 e. The fraction of sp³-hybridized carbons (Fsp3) is 0.615. The van der Waals surface area contributed by atoms with E-state index in [1.165, 1.54) is 4.88 Å². The zero-order chi connectivity index (χ0) is 12.4. The number of aryl methyl sites for hydroxylation is 1. The number of amides is 1. The molecule has 1 fully saturated rings. The van der Waals surface area contributed by atoms with Gasteiger partial charge in [0.25, 0.3) is 5.91 Å². The Morgan fingerprint density at radius 3 is 2.65 bits per heavy atom. The Balaban J connectivity index is 2.08. The van der Waals surface area contributed by atoms with Crippen molar-refractivity contribution in [1.29, 1.82) is 0 Å². The maximum Gasteiger partial charge on any atom is 0.254 e. The van der Waals surface area contributed by atoms with Crippen LogP contribution in [0.1, 0.15) is 36.0 Å². The van der Waals surface area contributed by atoms with Crippen LogP contribution in [0.4, 0.5) is 0 Å². The van der Waals surface area contributed by atoms with Crippen LogP contribution < -0.4 is 0 Å². The van der Waals surface area contributed by atoms with E-state index in [-0.39, 0.29) is 18.1 Å². The minimum Gasteiger partial charge on any atom is -0.372 e. The van der Waals surface area contributed by atoms with Gasteiger partial charge in [0.15, 0.2) is 0 Å². The molecule has 0 N–H and O–H groups in total. The average Bonchev–Trinajstić information content (AvgIpc) is 2.75. The first-order chi connectivity index (χ1) is 8.10. The van der Waals surface area contributed by atoms with Crippen molar-refractivity contribution < 1.29 is 9.53 Å². The van der Waals surface area contributed by atoms with Gasteiger partial charge < -0.3 is 9.64 Å². The minimum absolute atomic E-state index is 0.131. The van der Waals surface area contributed by atoms with E-state index in [1.54, 1.807) is 11.3 Å². The van der Waals surface area contributed by atoms with E-state index in [0.717, 1.165) is 12.0 Å². The molecular weight excluding hydrogens is 234 g/mol. The Morgan fingerprint density at radius 1 is 1.47 bits per heavy atom. The lowest BCUT2D eigenvalue weighted by molar-refractivity contribution is -0.0586. The van der Waals surface area contributed by atoms with Crippen molar-refractivity contribution in [2.24, 2.45) is 0 Å². The molecule has 94 valence electrons. The molecule has 3 nitrogen and oxygen atoms in total. The summed E-state index contributed by atoms with van der Waals surface area (Å²) in [4.78, 5) is 15.5. The Kier molecular flexibility index (Phi) is 3.84. The smallest absolute Gasteiger partial charge is 0.254 e. The third-order valence-electron chi connectivity index (χ3n) is 2.96. The van der Waals surface area contributed by atoms with Gasteiger partial charge in [0.2, 0.25) is 0 Å². The molecule has 0 radical (unpaired) electrons. The Labute approximate surface area is 106 Å². The number of thiophene rings is 1. The zero-order valence-electron chi connectivity index (χ0n) is 10.6. The van der Waals surface area contributed by atoms with Crippen LogP contribution in [0.2, 0.25) is 0 Å². The predicted molar refractivity (Wildman–Crippen MR) is 69.6 cm³/mol. The van der Waals surface area contributed by atoms with Gasteiger partial charge in [0.1, 0.15) is 0 Å². The lowest BCUT2D eigenvalue weighted by Gasteiger charge is -2.35. The topological polar surface area (TPSA) is 29.5 Å². The second-order valence-electron chi connectivity index (χ2n) is 4.62. The molecular formula is C13H19NO2S. The van der Waals surface area contributed by atoms with Gasteiger partial charge in [-0.15, -0.1) is 11.3 Å². The molecule has 0 aromatic carbocycles. The molecule has 1 saturated heterocycles. The van der Waals surface area contributed by atoms with Crippen LogP contribution in [-0.4, -0.2) is 36.1 Å². The molecule has 0 spiro atoms. The highest BCUT2D eigenvalue weighted by molar-refractivity contribution is 7.10. The number of carbonyl (C=O) groups is 1. The fourth-order valence-electron chi connectivity index (χ4n) is 2.20. The number of hydrogen-bond donors (Lipinski definition) is 0. The van der Waals surface area contributed by atoms with Gasteiger partial charge >= 0.3 is 0 Å². The molecule has 0 unspecified atom stereocenters. The molecule has 2 atom stereocenters. The molecule has 1 aliphatic rings. The van der Waals surface area contributed by atoms with Gasteiger partial charge in [-0.25, -0.2) is 0 Å². The monoisotopic (exact) mass is 253 g/mol. The lowest BCUT2D eigenvalue weighted by Crippen LogP contribution is -2.48. The van der Waals surface area contributed by atoms with E-state index in [1.807, 2.05) is 30.2 Å². The molecule has 1 aromatic heterocycles. The number of carbonyl (C=O) groups excluding carboxylic acids is 1. The first-order valence-corrected chi connectivity index (χ1v) is 7.00. The molecule has 17 heavy (non-hydrogen) atoms. The summed E-state index contributed by atoms with van der Waals surface area (Å²) < 4.78 is 5.64. The van der Waals surface area contributed by atoms with Gasteiger partial charge in [-0.3, -0.25) is 4.79 Å². The number of hydrogen-bond acceptors (Lipinski definition) is 3. The number of ether oxygens (including phenoxy) is 1. The SMILES string of the molecule is CCc1cc(C(=O)N2C[C@@H](C)O[C@H](C)C2)cs1. The van der Waals surface area contributed by atoms with Crippen LogP contribution in [-0.2, 0) is 11.2 Å². The highest BCUT2D eigenvalue weighted by atomic mass is 32.1. The van der Waals surface area contributed by atoms with Crippen molar-refractivity contribution in [2.45, 2.75) is 39.4 Å². The first kappa shape index (κ1) is 12.6. The summed E-state index contributed by atoms with van der Waals surface area (Å²) in [5.41, 5.74) is 0.827. The third kappa shape index (κ3) is 2.87. The molecule has 2 heterocycles. The van der Waals surface area contributed by atoms with Crippen LogP contribution in [0.3, 0.4) is 0 Å². The zero-order valence-corrected chi connectivity index (χ0v) is 11.4. The normalized spacial score (nSPS) is 25.0. The predicted octanol–water partition coefficient (Wildman–Crippen LogP) is 2.56. The highest BCUT2D eigenvalue weighted by Gasteiger charge is 2.26. The molecule has 2 rings (SSSR count). The minimum atomic E-state index is 0.131. The average molecular weight is 253 g/mol. The number of morpholine rings is 1. The molecule has 1 aliphatic heterocycles. The van der Waals surface area contributed by atoms with E-state index in [4.69, 9.17) is 4.74 Å². The molecule has 0 bridgehead atoms. The van der Waals surface area contributed by atoms with Gasteiger partial charge in [-0.2, -0.15) is 0 Å². The summed E-state index contributed by atoms with van der Waals surface area (Å²) in [6.07, 6.45) is 1.26. The van der Waals surface area contributed by atoms with E-state index in [0.29, 0.717) is 13.1 Å². The van der Waals surface area contributed by atoms with Crippen molar-refractivity contribution in [3.63, 3.8) is 0 Å². The Morgan fingerprint density at radius 2 is 2.12 bits per heavy atom. The quantitative estimate of drug-likeness (QED) is 0.810. The maximum absolute atomic E-state index is 12.3. The summed E-state index contributed by atoms with van der Waals surface area (Å²) in [6, 6.07) is 2.01.